The van der Waals surface area contributed by atoms with Gasteiger partial charge in [0.2, 0.25) is 5.91 Å². The molecule has 0 aliphatic carbocycles. The van der Waals surface area contributed by atoms with Crippen molar-refractivity contribution in [3.05, 3.63) is 99.7 Å². The summed E-state index contributed by atoms with van der Waals surface area (Å²) in [6, 6.07) is 21.4. The molecule has 0 saturated heterocycles. The van der Waals surface area contributed by atoms with E-state index in [2.05, 4.69) is 15.5 Å². The number of carbonyl (C=O) groups is 1. The molecule has 2 aromatic heterocycles. The van der Waals surface area contributed by atoms with Gasteiger partial charge in [-0.3, -0.25) is 18.7 Å². The van der Waals surface area contributed by atoms with Crippen molar-refractivity contribution in [3.8, 4) is 5.69 Å². The Labute approximate surface area is 208 Å². The SMILES string of the molecule is Cc1ccccc1-n1c(Cn2c(=O)sc3ccccc32)nnc1SCC(=O)Nc1ccccc1F. The summed E-state index contributed by atoms with van der Waals surface area (Å²) < 4.78 is 18.3. The minimum atomic E-state index is -0.496. The highest BCUT2D eigenvalue weighted by atomic mass is 32.2. The lowest BCUT2D eigenvalue weighted by atomic mass is 10.2. The van der Waals surface area contributed by atoms with Crippen LogP contribution in [-0.4, -0.2) is 31.0 Å². The summed E-state index contributed by atoms with van der Waals surface area (Å²) in [5.74, 6) is -0.271. The van der Waals surface area contributed by atoms with E-state index >= 15 is 0 Å². The van der Waals surface area contributed by atoms with Gasteiger partial charge in [-0.25, -0.2) is 4.39 Å². The average Bonchev–Trinajstić information content (AvgIpc) is 3.40. The first-order valence-corrected chi connectivity index (χ1v) is 12.6. The van der Waals surface area contributed by atoms with Gasteiger partial charge >= 0.3 is 4.87 Å². The standard InChI is InChI=1S/C25H20FN5O2S2/c1-16-8-2-5-11-19(16)31-22(14-30-20-12-6-7-13-21(20)35-25(30)33)28-29-24(31)34-15-23(32)27-18-10-4-3-9-17(18)26/h2-13H,14-15H2,1H3,(H,27,32). The molecule has 0 fully saturated rings. The Morgan fingerprint density at radius 3 is 2.60 bits per heavy atom. The Morgan fingerprint density at radius 1 is 1.03 bits per heavy atom. The second kappa shape index (κ2) is 9.85. The molecule has 0 saturated carbocycles. The number of amides is 1. The number of thiazole rings is 1. The molecular weight excluding hydrogens is 485 g/mol. The lowest BCUT2D eigenvalue weighted by Crippen LogP contribution is -2.18. The van der Waals surface area contributed by atoms with Gasteiger partial charge in [-0.15, -0.1) is 10.2 Å². The smallest absolute Gasteiger partial charge is 0.308 e. The van der Waals surface area contributed by atoms with Crippen LogP contribution in [-0.2, 0) is 11.3 Å². The highest BCUT2D eigenvalue weighted by Crippen LogP contribution is 2.26. The van der Waals surface area contributed by atoms with E-state index in [-0.39, 0.29) is 28.8 Å². The van der Waals surface area contributed by atoms with Crippen LogP contribution >= 0.6 is 23.1 Å². The minimum Gasteiger partial charge on any atom is -0.323 e. The maximum absolute atomic E-state index is 13.9. The normalized spacial score (nSPS) is 11.1. The number of hydrogen-bond acceptors (Lipinski definition) is 6. The predicted molar refractivity (Wildman–Crippen MR) is 137 cm³/mol. The Morgan fingerprint density at radius 2 is 1.77 bits per heavy atom. The van der Waals surface area contributed by atoms with Crippen LogP contribution in [0.1, 0.15) is 11.4 Å². The van der Waals surface area contributed by atoms with Crippen molar-refractivity contribution in [2.75, 3.05) is 11.1 Å². The molecule has 5 aromatic rings. The molecule has 0 aliphatic heterocycles. The van der Waals surface area contributed by atoms with Crippen LogP contribution in [0.4, 0.5) is 10.1 Å². The van der Waals surface area contributed by atoms with E-state index in [0.29, 0.717) is 11.0 Å². The molecular formula is C25H20FN5O2S2. The maximum Gasteiger partial charge on any atom is 0.308 e. The fourth-order valence-corrected chi connectivity index (χ4v) is 5.39. The number of halogens is 1. The fourth-order valence-electron chi connectivity index (χ4n) is 3.74. The fraction of sp³-hybridized carbons (Fsp3) is 0.120. The number of benzene rings is 3. The lowest BCUT2D eigenvalue weighted by Gasteiger charge is -2.13. The molecule has 0 aliphatic rings. The summed E-state index contributed by atoms with van der Waals surface area (Å²) in [5, 5.41) is 11.8. The van der Waals surface area contributed by atoms with Gasteiger partial charge in [-0.05, 0) is 42.8 Å². The molecule has 10 heteroatoms. The van der Waals surface area contributed by atoms with Crippen molar-refractivity contribution < 1.29 is 9.18 Å². The Bertz CT molecular complexity index is 1590. The molecule has 7 nitrogen and oxygen atoms in total. The molecule has 0 bridgehead atoms. The Kier molecular flexibility index (Phi) is 6.47. The predicted octanol–water partition coefficient (Wildman–Crippen LogP) is 4.87. The van der Waals surface area contributed by atoms with E-state index in [1.165, 1.54) is 35.2 Å². The van der Waals surface area contributed by atoms with E-state index in [9.17, 15) is 14.0 Å². The molecule has 0 atom stereocenters. The summed E-state index contributed by atoms with van der Waals surface area (Å²) in [6.45, 7) is 2.21. The molecule has 1 N–H and O–H groups in total. The molecule has 1 amide bonds. The Balaban J connectivity index is 1.46. The second-order valence-electron chi connectivity index (χ2n) is 7.76. The molecule has 35 heavy (non-hydrogen) atoms. The first-order chi connectivity index (χ1) is 17.0. The zero-order chi connectivity index (χ0) is 24.4. The molecule has 176 valence electrons. The molecule has 0 spiro atoms. The number of fused-ring (bicyclic) bond motifs is 1. The summed E-state index contributed by atoms with van der Waals surface area (Å²) in [6.07, 6.45) is 0. The number of nitrogens with one attached hydrogen (secondary N) is 1. The lowest BCUT2D eigenvalue weighted by molar-refractivity contribution is -0.113. The molecule has 0 radical (unpaired) electrons. The van der Waals surface area contributed by atoms with Crippen LogP contribution in [0.2, 0.25) is 0 Å². The van der Waals surface area contributed by atoms with E-state index in [4.69, 9.17) is 0 Å². The first-order valence-electron chi connectivity index (χ1n) is 10.8. The minimum absolute atomic E-state index is 0.0136. The highest BCUT2D eigenvalue weighted by Gasteiger charge is 2.19. The summed E-state index contributed by atoms with van der Waals surface area (Å²) >= 11 is 2.38. The van der Waals surface area contributed by atoms with E-state index in [1.807, 2.05) is 60.0 Å². The van der Waals surface area contributed by atoms with Crippen LogP contribution < -0.4 is 10.2 Å². The Hall–Kier alpha value is -3.76. The second-order valence-corrected chi connectivity index (χ2v) is 9.69. The third kappa shape index (κ3) is 4.75. The summed E-state index contributed by atoms with van der Waals surface area (Å²) in [7, 11) is 0. The first kappa shape index (κ1) is 23.0. The number of para-hydroxylation sites is 3. The number of rotatable bonds is 7. The van der Waals surface area contributed by atoms with Gasteiger partial charge < -0.3 is 5.32 Å². The van der Waals surface area contributed by atoms with Gasteiger partial charge in [0.05, 0.1) is 33.9 Å². The number of hydrogen-bond donors (Lipinski definition) is 1. The van der Waals surface area contributed by atoms with Gasteiger partial charge in [-0.2, -0.15) is 0 Å². The van der Waals surface area contributed by atoms with Crippen LogP contribution in [0.5, 0.6) is 0 Å². The van der Waals surface area contributed by atoms with Crippen LogP contribution in [0.25, 0.3) is 15.9 Å². The molecule has 0 unspecified atom stereocenters. The van der Waals surface area contributed by atoms with Crippen LogP contribution in [0.3, 0.4) is 0 Å². The molecule has 3 aromatic carbocycles. The summed E-state index contributed by atoms with van der Waals surface area (Å²) in [4.78, 5) is 25.1. The van der Waals surface area contributed by atoms with Crippen LogP contribution in [0, 0.1) is 12.7 Å². The van der Waals surface area contributed by atoms with Crippen molar-refractivity contribution in [2.24, 2.45) is 0 Å². The van der Waals surface area contributed by atoms with Crippen LogP contribution in [0.15, 0.2) is 82.7 Å². The third-order valence-corrected chi connectivity index (χ3v) is 7.30. The highest BCUT2D eigenvalue weighted by molar-refractivity contribution is 7.99. The van der Waals surface area contributed by atoms with Gasteiger partial charge in [0.1, 0.15) is 5.82 Å². The van der Waals surface area contributed by atoms with Gasteiger partial charge in [0.25, 0.3) is 0 Å². The largest absolute Gasteiger partial charge is 0.323 e. The van der Waals surface area contributed by atoms with Gasteiger partial charge in [0.15, 0.2) is 11.0 Å². The van der Waals surface area contributed by atoms with E-state index in [1.54, 1.807) is 16.7 Å². The number of nitrogens with zero attached hydrogens (tertiary/aromatic N) is 4. The number of carbonyl (C=O) groups excluding carboxylic acids is 1. The van der Waals surface area contributed by atoms with Crippen molar-refractivity contribution in [1.29, 1.82) is 0 Å². The average molecular weight is 506 g/mol. The third-order valence-electron chi connectivity index (χ3n) is 5.41. The van der Waals surface area contributed by atoms with E-state index < -0.39 is 5.82 Å². The molecule has 5 rings (SSSR count). The van der Waals surface area contributed by atoms with Crippen molar-refractivity contribution in [2.45, 2.75) is 18.6 Å². The van der Waals surface area contributed by atoms with Crippen molar-refractivity contribution in [3.63, 3.8) is 0 Å². The monoisotopic (exact) mass is 505 g/mol. The van der Waals surface area contributed by atoms with Crippen molar-refractivity contribution in [1.82, 2.24) is 19.3 Å². The van der Waals surface area contributed by atoms with Crippen molar-refractivity contribution >= 4 is 44.9 Å². The van der Waals surface area contributed by atoms with Gasteiger partial charge in [0, 0.05) is 0 Å². The zero-order valence-corrected chi connectivity index (χ0v) is 20.3. The molecule has 2 heterocycles. The number of aryl methyl sites for hydroxylation is 1. The number of thioether (sulfide) groups is 1. The summed E-state index contributed by atoms with van der Waals surface area (Å²) in [5.41, 5.74) is 2.81. The number of aromatic nitrogens is 4. The number of anilines is 1. The van der Waals surface area contributed by atoms with E-state index in [0.717, 1.165) is 21.5 Å². The van der Waals surface area contributed by atoms with Gasteiger partial charge in [-0.1, -0.05) is 65.6 Å². The topological polar surface area (TPSA) is 81.8 Å². The zero-order valence-electron chi connectivity index (χ0n) is 18.6. The quantitative estimate of drug-likeness (QED) is 0.319. The maximum atomic E-state index is 13.9.